The van der Waals surface area contributed by atoms with E-state index in [1.54, 1.807) is 24.5 Å². The monoisotopic (exact) mass is 218 g/mol. The van der Waals surface area contributed by atoms with Gasteiger partial charge in [-0.05, 0) is 24.5 Å². The number of hydrogen-bond donors (Lipinski definition) is 1. The number of rotatable bonds is 2. The number of allylic oxidation sites excluding steroid dienone is 1. The molecule has 0 saturated heterocycles. The van der Waals surface area contributed by atoms with Crippen molar-refractivity contribution in [3.63, 3.8) is 0 Å². The van der Waals surface area contributed by atoms with Crippen LogP contribution in [-0.2, 0) is 4.79 Å². The fraction of sp³-hybridized carbons (Fsp3) is 0.385. The van der Waals surface area contributed by atoms with Gasteiger partial charge in [0, 0.05) is 12.3 Å². The summed E-state index contributed by atoms with van der Waals surface area (Å²) in [7, 11) is 0. The molecule has 0 radical (unpaired) electrons. The van der Waals surface area contributed by atoms with E-state index in [1.807, 2.05) is 13.0 Å². The lowest BCUT2D eigenvalue weighted by Crippen LogP contribution is -2.13. The Morgan fingerprint density at radius 1 is 1.44 bits per heavy atom. The zero-order valence-corrected chi connectivity index (χ0v) is 10.2. The molecule has 0 saturated carbocycles. The second kappa shape index (κ2) is 4.92. The second-order valence-electron chi connectivity index (χ2n) is 4.81. The van der Waals surface area contributed by atoms with Gasteiger partial charge >= 0.3 is 0 Å². The van der Waals surface area contributed by atoms with Crippen LogP contribution in [0, 0.1) is 5.41 Å². The van der Waals surface area contributed by atoms with Gasteiger partial charge in [0.2, 0.25) is 5.91 Å². The van der Waals surface area contributed by atoms with Crippen LogP contribution >= 0.6 is 0 Å². The highest BCUT2D eigenvalue weighted by Gasteiger charge is 2.13. The first-order chi connectivity index (χ1) is 7.39. The van der Waals surface area contributed by atoms with Crippen molar-refractivity contribution in [2.24, 2.45) is 5.41 Å². The Bertz CT molecular complexity index is 388. The quantitative estimate of drug-likeness (QED) is 0.775. The van der Waals surface area contributed by atoms with Crippen LogP contribution in [0.2, 0.25) is 0 Å². The number of nitrogens with zero attached hydrogens (tertiary/aromatic N) is 1. The van der Waals surface area contributed by atoms with Gasteiger partial charge in [0.15, 0.2) is 0 Å². The van der Waals surface area contributed by atoms with Gasteiger partial charge in [-0.1, -0.05) is 26.3 Å². The minimum Gasteiger partial charge on any atom is -0.321 e. The number of carbonyl (C=O) groups is 1. The van der Waals surface area contributed by atoms with E-state index >= 15 is 0 Å². The lowest BCUT2D eigenvalue weighted by molar-refractivity contribution is -0.112. The second-order valence-corrected chi connectivity index (χ2v) is 4.81. The first-order valence-electron chi connectivity index (χ1n) is 5.29. The van der Waals surface area contributed by atoms with Crippen LogP contribution < -0.4 is 5.32 Å². The molecule has 0 atom stereocenters. The van der Waals surface area contributed by atoms with Crippen LogP contribution in [-0.4, -0.2) is 10.9 Å². The molecule has 1 aromatic rings. The molecule has 0 aliphatic rings. The molecule has 1 amide bonds. The van der Waals surface area contributed by atoms with Gasteiger partial charge in [-0.25, -0.2) is 0 Å². The Labute approximate surface area is 96.6 Å². The highest BCUT2D eigenvalue weighted by atomic mass is 16.1. The van der Waals surface area contributed by atoms with Crippen LogP contribution in [0.3, 0.4) is 0 Å². The van der Waals surface area contributed by atoms with E-state index in [9.17, 15) is 4.79 Å². The van der Waals surface area contributed by atoms with Gasteiger partial charge in [-0.15, -0.1) is 0 Å². The highest BCUT2D eigenvalue weighted by molar-refractivity contribution is 5.99. The van der Waals surface area contributed by atoms with Crippen molar-refractivity contribution in [1.29, 1.82) is 0 Å². The summed E-state index contributed by atoms with van der Waals surface area (Å²) in [5, 5.41) is 2.77. The smallest absolute Gasteiger partial charge is 0.248 e. The molecule has 16 heavy (non-hydrogen) atoms. The number of amides is 1. The van der Waals surface area contributed by atoms with Crippen molar-refractivity contribution in [2.45, 2.75) is 27.7 Å². The summed E-state index contributed by atoms with van der Waals surface area (Å²) in [5.41, 5.74) is 1.78. The Balaban J connectivity index is 2.68. The molecule has 1 rings (SSSR count). The topological polar surface area (TPSA) is 42.0 Å². The number of nitrogens with one attached hydrogen (secondary N) is 1. The van der Waals surface area contributed by atoms with Gasteiger partial charge < -0.3 is 5.32 Å². The maximum absolute atomic E-state index is 11.7. The van der Waals surface area contributed by atoms with Crippen LogP contribution in [0.5, 0.6) is 0 Å². The molecule has 3 heteroatoms. The number of anilines is 1. The first-order valence-corrected chi connectivity index (χ1v) is 5.29. The van der Waals surface area contributed by atoms with Crippen molar-refractivity contribution in [1.82, 2.24) is 4.98 Å². The van der Waals surface area contributed by atoms with E-state index in [2.05, 4.69) is 31.1 Å². The number of hydrogen-bond acceptors (Lipinski definition) is 2. The maximum Gasteiger partial charge on any atom is 0.248 e. The molecule has 0 unspecified atom stereocenters. The van der Waals surface area contributed by atoms with Crippen molar-refractivity contribution >= 4 is 11.6 Å². The third-order valence-corrected chi connectivity index (χ3v) is 2.46. The Morgan fingerprint density at radius 3 is 2.62 bits per heavy atom. The van der Waals surface area contributed by atoms with E-state index < -0.39 is 0 Å². The predicted octanol–water partition coefficient (Wildman–Crippen LogP) is 3.01. The molecular formula is C13H18N2O. The molecule has 0 aliphatic carbocycles. The summed E-state index contributed by atoms with van der Waals surface area (Å²) in [5.74, 6) is -0.111. The van der Waals surface area contributed by atoms with Crippen molar-refractivity contribution in [3.8, 4) is 0 Å². The van der Waals surface area contributed by atoms with Gasteiger partial charge in [0.05, 0.1) is 11.9 Å². The molecule has 1 aromatic heterocycles. The van der Waals surface area contributed by atoms with E-state index in [0.29, 0.717) is 5.69 Å². The summed E-state index contributed by atoms with van der Waals surface area (Å²) < 4.78 is 0. The Hall–Kier alpha value is -1.64. The van der Waals surface area contributed by atoms with Crippen molar-refractivity contribution in [2.75, 3.05) is 5.32 Å². The van der Waals surface area contributed by atoms with E-state index in [-0.39, 0.29) is 11.3 Å². The first kappa shape index (κ1) is 12.4. The molecule has 0 spiro atoms. The average Bonchev–Trinajstić information content (AvgIpc) is 2.17. The third-order valence-electron chi connectivity index (χ3n) is 2.46. The molecule has 1 heterocycles. The molecule has 3 nitrogen and oxygen atoms in total. The summed E-state index contributed by atoms with van der Waals surface area (Å²) in [6, 6.07) is 3.60. The standard InChI is InChI=1S/C13H18N2O/c1-10(13(2,3)4)8-12(16)15-11-6-5-7-14-9-11/h5-9H,1-4H3,(H,15,16)/b10-8+. The predicted molar refractivity (Wildman–Crippen MR) is 66.1 cm³/mol. The summed E-state index contributed by atoms with van der Waals surface area (Å²) in [4.78, 5) is 15.6. The molecular weight excluding hydrogens is 200 g/mol. The molecule has 1 N–H and O–H groups in total. The third kappa shape index (κ3) is 3.85. The van der Waals surface area contributed by atoms with Crippen molar-refractivity contribution < 1.29 is 4.79 Å². The fourth-order valence-corrected chi connectivity index (χ4v) is 1.03. The molecule has 86 valence electrons. The minimum absolute atomic E-state index is 0.0201. The van der Waals surface area contributed by atoms with E-state index in [1.165, 1.54) is 0 Å². The fourth-order valence-electron chi connectivity index (χ4n) is 1.03. The summed E-state index contributed by atoms with van der Waals surface area (Å²) in [6.45, 7) is 8.20. The SMILES string of the molecule is C/C(=C\C(=O)Nc1cccnc1)C(C)(C)C. The normalized spacial score (nSPS) is 12.4. The molecule has 0 bridgehead atoms. The number of carbonyl (C=O) groups excluding carboxylic acids is 1. The van der Waals surface area contributed by atoms with Gasteiger partial charge in [0.25, 0.3) is 0 Å². The average molecular weight is 218 g/mol. The number of aromatic nitrogens is 1. The summed E-state index contributed by atoms with van der Waals surface area (Å²) >= 11 is 0. The van der Waals surface area contributed by atoms with Gasteiger partial charge in [-0.2, -0.15) is 0 Å². The molecule has 0 aromatic carbocycles. The maximum atomic E-state index is 11.7. The van der Waals surface area contributed by atoms with E-state index in [4.69, 9.17) is 0 Å². The van der Waals surface area contributed by atoms with E-state index in [0.717, 1.165) is 5.57 Å². The molecule has 0 aliphatic heterocycles. The largest absolute Gasteiger partial charge is 0.321 e. The van der Waals surface area contributed by atoms with Crippen LogP contribution in [0.4, 0.5) is 5.69 Å². The zero-order valence-electron chi connectivity index (χ0n) is 10.2. The van der Waals surface area contributed by atoms with Gasteiger partial charge in [-0.3, -0.25) is 9.78 Å². The summed E-state index contributed by atoms with van der Waals surface area (Å²) in [6.07, 6.45) is 4.93. The van der Waals surface area contributed by atoms with Gasteiger partial charge in [0.1, 0.15) is 0 Å². The Morgan fingerprint density at radius 2 is 2.12 bits per heavy atom. The van der Waals surface area contributed by atoms with Crippen LogP contribution in [0.1, 0.15) is 27.7 Å². The lowest BCUT2D eigenvalue weighted by Gasteiger charge is -2.19. The number of pyridine rings is 1. The van der Waals surface area contributed by atoms with Crippen molar-refractivity contribution in [3.05, 3.63) is 36.2 Å². The lowest BCUT2D eigenvalue weighted by atomic mass is 9.87. The minimum atomic E-state index is -0.111. The van der Waals surface area contributed by atoms with Crippen LogP contribution in [0.15, 0.2) is 36.2 Å². The Kier molecular flexibility index (Phi) is 3.82. The highest BCUT2D eigenvalue weighted by Crippen LogP contribution is 2.24. The van der Waals surface area contributed by atoms with Crippen LogP contribution in [0.25, 0.3) is 0 Å². The molecule has 0 fully saturated rings. The zero-order chi connectivity index (χ0) is 12.2.